The summed E-state index contributed by atoms with van der Waals surface area (Å²) < 4.78 is 5.32. The maximum Gasteiger partial charge on any atom is 0.311 e. The zero-order valence-electron chi connectivity index (χ0n) is 15.3. The van der Waals surface area contributed by atoms with E-state index in [0.717, 1.165) is 5.56 Å². The third kappa shape index (κ3) is 6.07. The zero-order valence-corrected chi connectivity index (χ0v) is 15.3. The molecule has 0 aliphatic heterocycles. The van der Waals surface area contributed by atoms with Crippen molar-refractivity contribution in [1.82, 2.24) is 0 Å². The number of nitrogens with one attached hydrogen (secondary N) is 1. The second-order valence-corrected chi connectivity index (χ2v) is 7.13. The van der Waals surface area contributed by atoms with Gasteiger partial charge in [-0.1, -0.05) is 45.0 Å². The molecule has 0 bridgehead atoms. The molecular weight excluding hydrogens is 314 g/mol. The first kappa shape index (κ1) is 18.7. The lowest BCUT2D eigenvalue weighted by Gasteiger charge is -2.19. The summed E-state index contributed by atoms with van der Waals surface area (Å²) in [6.07, 6.45) is 0.968. The fourth-order valence-electron chi connectivity index (χ4n) is 2.41. The van der Waals surface area contributed by atoms with Crippen LogP contribution in [0.3, 0.4) is 0 Å². The van der Waals surface area contributed by atoms with Crippen LogP contribution in [-0.2, 0) is 21.4 Å². The van der Waals surface area contributed by atoms with Gasteiger partial charge < -0.3 is 10.1 Å². The van der Waals surface area contributed by atoms with Crippen molar-refractivity contribution in [3.05, 3.63) is 59.7 Å². The average molecular weight is 339 g/mol. The van der Waals surface area contributed by atoms with Crippen molar-refractivity contribution in [3.63, 3.8) is 0 Å². The van der Waals surface area contributed by atoms with Gasteiger partial charge in [0, 0.05) is 19.0 Å². The van der Waals surface area contributed by atoms with Gasteiger partial charge in [0.2, 0.25) is 5.91 Å². The lowest BCUT2D eigenvalue weighted by Crippen LogP contribution is -2.11. The molecule has 2 aromatic carbocycles. The molecule has 0 unspecified atom stereocenters. The van der Waals surface area contributed by atoms with Gasteiger partial charge in [-0.15, -0.1) is 0 Å². The first-order valence-electron chi connectivity index (χ1n) is 8.42. The van der Waals surface area contributed by atoms with Crippen molar-refractivity contribution in [2.24, 2.45) is 0 Å². The molecule has 25 heavy (non-hydrogen) atoms. The maximum atomic E-state index is 12.0. The van der Waals surface area contributed by atoms with Crippen LogP contribution in [0.4, 0.5) is 5.69 Å². The van der Waals surface area contributed by atoms with E-state index in [2.05, 4.69) is 50.4 Å². The summed E-state index contributed by atoms with van der Waals surface area (Å²) in [4.78, 5) is 23.0. The third-order valence-corrected chi connectivity index (χ3v) is 3.84. The van der Waals surface area contributed by atoms with Crippen LogP contribution >= 0.6 is 0 Å². The van der Waals surface area contributed by atoms with E-state index in [4.69, 9.17) is 4.74 Å². The van der Waals surface area contributed by atoms with Gasteiger partial charge in [-0.25, -0.2) is 0 Å². The largest absolute Gasteiger partial charge is 0.427 e. The summed E-state index contributed by atoms with van der Waals surface area (Å²) in [5.41, 5.74) is 3.19. The molecule has 0 aliphatic rings. The van der Waals surface area contributed by atoms with Crippen LogP contribution in [0.25, 0.3) is 0 Å². The van der Waals surface area contributed by atoms with Gasteiger partial charge >= 0.3 is 5.97 Å². The summed E-state index contributed by atoms with van der Waals surface area (Å²) >= 11 is 0. The van der Waals surface area contributed by atoms with Gasteiger partial charge in [-0.3, -0.25) is 9.59 Å². The van der Waals surface area contributed by atoms with Gasteiger partial charge in [-0.05, 0) is 47.2 Å². The molecule has 4 heteroatoms. The van der Waals surface area contributed by atoms with Crippen LogP contribution in [0.2, 0.25) is 0 Å². The minimum absolute atomic E-state index is 0.126. The Hall–Kier alpha value is -2.62. The summed E-state index contributed by atoms with van der Waals surface area (Å²) in [5, 5.41) is 2.67. The number of aryl methyl sites for hydroxylation is 1. The quantitative estimate of drug-likeness (QED) is 0.645. The predicted molar refractivity (Wildman–Crippen MR) is 99.8 cm³/mol. The lowest BCUT2D eigenvalue weighted by atomic mass is 9.86. The fraction of sp³-hybridized carbons (Fsp3) is 0.333. The highest BCUT2D eigenvalue weighted by molar-refractivity contribution is 5.88. The molecule has 0 heterocycles. The van der Waals surface area contributed by atoms with E-state index in [-0.39, 0.29) is 17.3 Å². The van der Waals surface area contributed by atoms with E-state index >= 15 is 0 Å². The van der Waals surface area contributed by atoms with Crippen LogP contribution in [0, 0.1) is 0 Å². The molecule has 0 aliphatic carbocycles. The van der Waals surface area contributed by atoms with Crippen molar-refractivity contribution in [2.45, 2.75) is 46.0 Å². The number of amides is 1. The monoisotopic (exact) mass is 339 g/mol. The molecule has 1 amide bonds. The Kier molecular flexibility index (Phi) is 5.97. The van der Waals surface area contributed by atoms with Gasteiger partial charge in [0.1, 0.15) is 5.75 Å². The number of benzene rings is 2. The average Bonchev–Trinajstić information content (AvgIpc) is 2.54. The molecule has 1 N–H and O–H groups in total. The number of hydrogen-bond acceptors (Lipinski definition) is 3. The van der Waals surface area contributed by atoms with Gasteiger partial charge in [-0.2, -0.15) is 0 Å². The molecule has 2 rings (SSSR count). The van der Waals surface area contributed by atoms with Crippen molar-refractivity contribution in [1.29, 1.82) is 0 Å². The smallest absolute Gasteiger partial charge is 0.311 e. The summed E-state index contributed by atoms with van der Waals surface area (Å²) in [7, 11) is 0. The first-order valence-corrected chi connectivity index (χ1v) is 8.42. The Labute approximate surface area is 149 Å². The fourth-order valence-corrected chi connectivity index (χ4v) is 2.41. The number of carbonyl (C=O) groups excluding carboxylic acids is 2. The molecule has 0 radical (unpaired) electrons. The SMILES string of the molecule is CC(=O)Nc1ccc(OC(=O)CCc2ccc(C(C)(C)C)cc2)cc1. The lowest BCUT2D eigenvalue weighted by molar-refractivity contribution is -0.134. The number of carbonyl (C=O) groups is 2. The molecule has 132 valence electrons. The van der Waals surface area contributed by atoms with Gasteiger partial charge in [0.15, 0.2) is 0 Å². The molecule has 0 saturated carbocycles. The molecule has 0 spiro atoms. The van der Waals surface area contributed by atoms with Gasteiger partial charge in [0.05, 0.1) is 0 Å². The highest BCUT2D eigenvalue weighted by atomic mass is 16.5. The Morgan fingerprint density at radius 1 is 0.960 bits per heavy atom. The molecule has 4 nitrogen and oxygen atoms in total. The van der Waals surface area contributed by atoms with Crippen LogP contribution < -0.4 is 10.1 Å². The number of ether oxygens (including phenoxy) is 1. The van der Waals surface area contributed by atoms with Crippen molar-refractivity contribution >= 4 is 17.6 Å². The Morgan fingerprint density at radius 3 is 2.08 bits per heavy atom. The van der Waals surface area contributed by atoms with Gasteiger partial charge in [0.25, 0.3) is 0 Å². The minimum Gasteiger partial charge on any atom is -0.427 e. The molecule has 0 atom stereocenters. The minimum atomic E-state index is -0.271. The second-order valence-electron chi connectivity index (χ2n) is 7.13. The highest BCUT2D eigenvalue weighted by Gasteiger charge is 2.13. The molecule has 0 fully saturated rings. The van der Waals surface area contributed by atoms with E-state index in [1.54, 1.807) is 24.3 Å². The Bertz CT molecular complexity index is 725. The highest BCUT2D eigenvalue weighted by Crippen LogP contribution is 2.22. The standard InChI is InChI=1S/C21H25NO3/c1-15(23)22-18-10-12-19(13-11-18)25-20(24)14-7-16-5-8-17(9-6-16)21(2,3)4/h5-6,8-13H,7,14H2,1-4H3,(H,22,23). The topological polar surface area (TPSA) is 55.4 Å². The van der Waals surface area contributed by atoms with Crippen LogP contribution in [0.1, 0.15) is 45.2 Å². The van der Waals surface area contributed by atoms with E-state index in [9.17, 15) is 9.59 Å². The molecule has 2 aromatic rings. The number of esters is 1. The summed E-state index contributed by atoms with van der Waals surface area (Å²) in [6, 6.07) is 15.1. The molecule has 0 saturated heterocycles. The summed E-state index contributed by atoms with van der Waals surface area (Å²) in [5.74, 6) is 0.0663. The first-order chi connectivity index (χ1) is 11.7. The normalized spacial score (nSPS) is 11.0. The van der Waals surface area contributed by atoms with Crippen LogP contribution in [-0.4, -0.2) is 11.9 Å². The Balaban J connectivity index is 1.85. The predicted octanol–water partition coefficient (Wildman–Crippen LogP) is 4.48. The molecule has 0 aromatic heterocycles. The van der Waals surface area contributed by atoms with E-state index < -0.39 is 0 Å². The van der Waals surface area contributed by atoms with Crippen molar-refractivity contribution < 1.29 is 14.3 Å². The Morgan fingerprint density at radius 2 is 1.56 bits per heavy atom. The number of hydrogen-bond donors (Lipinski definition) is 1. The zero-order chi connectivity index (χ0) is 18.4. The third-order valence-electron chi connectivity index (χ3n) is 3.84. The number of rotatable bonds is 5. The number of anilines is 1. The van der Waals surface area contributed by atoms with E-state index in [1.807, 2.05) is 0 Å². The second kappa shape index (κ2) is 7.97. The van der Waals surface area contributed by atoms with E-state index in [1.165, 1.54) is 12.5 Å². The van der Waals surface area contributed by atoms with Crippen LogP contribution in [0.15, 0.2) is 48.5 Å². The van der Waals surface area contributed by atoms with Crippen LogP contribution in [0.5, 0.6) is 5.75 Å². The maximum absolute atomic E-state index is 12.0. The molecular formula is C21H25NO3. The van der Waals surface area contributed by atoms with E-state index in [0.29, 0.717) is 24.3 Å². The van der Waals surface area contributed by atoms with Crippen molar-refractivity contribution in [3.8, 4) is 5.75 Å². The van der Waals surface area contributed by atoms with Crippen molar-refractivity contribution in [2.75, 3.05) is 5.32 Å². The summed E-state index contributed by atoms with van der Waals surface area (Å²) in [6.45, 7) is 7.98.